The van der Waals surface area contributed by atoms with E-state index < -0.39 is 0 Å². The van der Waals surface area contributed by atoms with Crippen LogP contribution in [0, 0.1) is 0 Å². The first kappa shape index (κ1) is 11.2. The molecule has 0 radical (unpaired) electrons. The number of fused-ring (bicyclic) bond motifs is 3. The summed E-state index contributed by atoms with van der Waals surface area (Å²) in [6.45, 7) is 0. The molecule has 2 unspecified atom stereocenters. The lowest BCUT2D eigenvalue weighted by Crippen LogP contribution is -2.45. The van der Waals surface area contributed by atoms with E-state index >= 15 is 0 Å². The summed E-state index contributed by atoms with van der Waals surface area (Å²) >= 11 is 0. The highest BCUT2D eigenvalue weighted by atomic mass is 16.5. The van der Waals surface area contributed by atoms with E-state index in [0.29, 0.717) is 18.2 Å². The highest BCUT2D eigenvalue weighted by Gasteiger charge is 2.42. The third-order valence-corrected chi connectivity index (χ3v) is 4.57. The molecule has 0 aliphatic carbocycles. The van der Waals surface area contributed by atoms with Gasteiger partial charge >= 0.3 is 0 Å². The summed E-state index contributed by atoms with van der Waals surface area (Å²) in [4.78, 5) is 7.13. The zero-order valence-electron chi connectivity index (χ0n) is 11.1. The molecule has 0 aromatic carbocycles. The number of hydrogen-bond donors (Lipinski definition) is 0. The van der Waals surface area contributed by atoms with Gasteiger partial charge in [0.2, 0.25) is 0 Å². The predicted octanol–water partition coefficient (Wildman–Crippen LogP) is 1.88. The lowest BCUT2D eigenvalue weighted by molar-refractivity contribution is 0.0682. The van der Waals surface area contributed by atoms with Crippen molar-refractivity contribution < 1.29 is 4.74 Å². The second-order valence-electron chi connectivity index (χ2n) is 5.53. The topological polar surface area (TPSA) is 42.7 Å². The van der Waals surface area contributed by atoms with Crippen molar-refractivity contribution in [1.82, 2.24) is 14.6 Å². The fourth-order valence-electron chi connectivity index (χ4n) is 3.71. The summed E-state index contributed by atoms with van der Waals surface area (Å²) in [6.07, 6.45) is 10.7. The summed E-state index contributed by atoms with van der Waals surface area (Å²) in [5.74, 6) is 1.09. The quantitative estimate of drug-likeness (QED) is 0.825. The van der Waals surface area contributed by atoms with Gasteiger partial charge in [0.25, 0.3) is 0 Å². The molecule has 2 bridgehead atoms. The summed E-state index contributed by atoms with van der Waals surface area (Å²) in [6, 6.07) is 3.18. The van der Waals surface area contributed by atoms with Crippen LogP contribution in [-0.4, -0.2) is 39.9 Å². The van der Waals surface area contributed by atoms with E-state index in [0.717, 1.165) is 24.2 Å². The van der Waals surface area contributed by atoms with E-state index in [1.54, 1.807) is 0 Å². The Balaban J connectivity index is 1.75. The molecule has 2 aliphatic rings. The average molecular weight is 258 g/mol. The largest absolute Gasteiger partial charge is 0.381 e. The number of anilines is 1. The van der Waals surface area contributed by atoms with Gasteiger partial charge in [-0.05, 0) is 31.7 Å². The molecule has 0 saturated carbocycles. The fraction of sp³-hybridized carbons (Fsp3) is 0.571. The van der Waals surface area contributed by atoms with Crippen LogP contribution in [0.1, 0.15) is 25.7 Å². The zero-order chi connectivity index (χ0) is 12.8. The monoisotopic (exact) mass is 258 g/mol. The molecule has 0 N–H and O–H groups in total. The van der Waals surface area contributed by atoms with Crippen LogP contribution in [0.5, 0.6) is 0 Å². The maximum atomic E-state index is 5.56. The van der Waals surface area contributed by atoms with Crippen molar-refractivity contribution in [3.8, 4) is 0 Å². The number of hydrogen-bond acceptors (Lipinski definition) is 4. The summed E-state index contributed by atoms with van der Waals surface area (Å²) < 4.78 is 7.47. The van der Waals surface area contributed by atoms with Crippen LogP contribution in [0.3, 0.4) is 0 Å². The lowest BCUT2D eigenvalue weighted by atomic mass is 9.99. The van der Waals surface area contributed by atoms with Gasteiger partial charge in [0.05, 0.1) is 12.3 Å². The molecule has 5 nitrogen and oxygen atoms in total. The molecule has 0 spiro atoms. The number of nitrogens with zero attached hydrogens (tertiary/aromatic N) is 4. The molecule has 5 heteroatoms. The van der Waals surface area contributed by atoms with Crippen LogP contribution in [0.2, 0.25) is 0 Å². The minimum Gasteiger partial charge on any atom is -0.381 e. The average Bonchev–Trinajstić information content (AvgIpc) is 3.01. The van der Waals surface area contributed by atoms with E-state index in [4.69, 9.17) is 4.74 Å². The number of methoxy groups -OCH3 is 1. The molecule has 2 saturated heterocycles. The third-order valence-electron chi connectivity index (χ3n) is 4.57. The molecule has 2 aromatic rings. The van der Waals surface area contributed by atoms with Crippen LogP contribution in [0.15, 0.2) is 24.7 Å². The predicted molar refractivity (Wildman–Crippen MR) is 72.3 cm³/mol. The minimum atomic E-state index is 0.415. The van der Waals surface area contributed by atoms with Gasteiger partial charge in [-0.1, -0.05) is 0 Å². The Morgan fingerprint density at radius 3 is 2.74 bits per heavy atom. The van der Waals surface area contributed by atoms with Gasteiger partial charge in [0.15, 0.2) is 5.82 Å². The standard InChI is InChI=1S/C14H18N4O/c1-19-12-8-10-2-3-11(9-12)18(10)14-13-4-5-16-17(13)7-6-15-14/h4-7,10-12H,2-3,8-9H2,1H3. The number of aromatic nitrogens is 3. The number of rotatable bonds is 2. The molecule has 2 atom stereocenters. The first-order chi connectivity index (χ1) is 9.36. The SMILES string of the molecule is COC1CC2CCC(C1)N2c1nccn2nccc12. The number of ether oxygens (including phenoxy) is 1. The summed E-state index contributed by atoms with van der Waals surface area (Å²) in [5, 5.41) is 4.30. The van der Waals surface area contributed by atoms with Crippen molar-refractivity contribution >= 4 is 11.3 Å². The van der Waals surface area contributed by atoms with Gasteiger partial charge in [-0.25, -0.2) is 9.50 Å². The highest BCUT2D eigenvalue weighted by molar-refractivity contribution is 5.69. The Bertz CT molecular complexity index is 582. The highest BCUT2D eigenvalue weighted by Crippen LogP contribution is 2.40. The van der Waals surface area contributed by atoms with Crippen molar-refractivity contribution in [2.45, 2.75) is 43.9 Å². The van der Waals surface area contributed by atoms with Gasteiger partial charge in [-0.15, -0.1) is 0 Å². The molecule has 4 rings (SSSR count). The van der Waals surface area contributed by atoms with Crippen LogP contribution in [0.4, 0.5) is 5.82 Å². The van der Waals surface area contributed by atoms with E-state index in [1.165, 1.54) is 12.8 Å². The van der Waals surface area contributed by atoms with Crippen molar-refractivity contribution in [3.63, 3.8) is 0 Å². The third kappa shape index (κ3) is 1.64. The normalized spacial score (nSPS) is 30.2. The molecular weight excluding hydrogens is 240 g/mol. The van der Waals surface area contributed by atoms with Crippen molar-refractivity contribution in [1.29, 1.82) is 0 Å². The van der Waals surface area contributed by atoms with Crippen LogP contribution in [-0.2, 0) is 4.74 Å². The molecule has 100 valence electrons. The smallest absolute Gasteiger partial charge is 0.155 e. The molecule has 19 heavy (non-hydrogen) atoms. The first-order valence-electron chi connectivity index (χ1n) is 6.96. The number of piperidine rings is 1. The Labute approximate surface area is 112 Å². The maximum absolute atomic E-state index is 5.56. The van der Waals surface area contributed by atoms with E-state index in [-0.39, 0.29) is 0 Å². The van der Waals surface area contributed by atoms with Gasteiger partial charge < -0.3 is 9.64 Å². The van der Waals surface area contributed by atoms with Crippen LogP contribution >= 0.6 is 0 Å². The second-order valence-corrected chi connectivity index (χ2v) is 5.53. The fourth-order valence-corrected chi connectivity index (χ4v) is 3.71. The van der Waals surface area contributed by atoms with Crippen molar-refractivity contribution in [2.24, 2.45) is 0 Å². The van der Waals surface area contributed by atoms with Crippen molar-refractivity contribution in [2.75, 3.05) is 12.0 Å². The van der Waals surface area contributed by atoms with Gasteiger partial charge in [-0.2, -0.15) is 5.10 Å². The van der Waals surface area contributed by atoms with Gasteiger partial charge in [-0.3, -0.25) is 0 Å². The van der Waals surface area contributed by atoms with Crippen LogP contribution in [0.25, 0.3) is 5.52 Å². The minimum absolute atomic E-state index is 0.415. The molecule has 4 heterocycles. The Hall–Kier alpha value is -1.62. The Kier molecular flexibility index (Phi) is 2.48. The van der Waals surface area contributed by atoms with Crippen molar-refractivity contribution in [3.05, 3.63) is 24.7 Å². The maximum Gasteiger partial charge on any atom is 0.155 e. The molecule has 0 amide bonds. The van der Waals surface area contributed by atoms with E-state index in [2.05, 4.69) is 15.0 Å². The second kappa shape index (κ2) is 4.20. The van der Waals surface area contributed by atoms with E-state index in [9.17, 15) is 0 Å². The molecule has 2 aromatic heterocycles. The molecular formula is C14H18N4O. The first-order valence-corrected chi connectivity index (χ1v) is 6.96. The van der Waals surface area contributed by atoms with Crippen LogP contribution < -0.4 is 4.90 Å². The Morgan fingerprint density at radius 2 is 2.00 bits per heavy atom. The Morgan fingerprint density at radius 1 is 1.21 bits per heavy atom. The molecule has 2 aliphatic heterocycles. The van der Waals surface area contributed by atoms with Gasteiger partial charge in [0, 0.05) is 31.6 Å². The summed E-state index contributed by atoms with van der Waals surface area (Å²) in [5.41, 5.74) is 1.11. The lowest BCUT2D eigenvalue weighted by Gasteiger charge is -2.39. The summed E-state index contributed by atoms with van der Waals surface area (Å²) in [7, 11) is 1.83. The van der Waals surface area contributed by atoms with Gasteiger partial charge in [0.1, 0.15) is 5.52 Å². The van der Waals surface area contributed by atoms with E-state index in [1.807, 2.05) is 36.3 Å². The molecule has 2 fully saturated rings. The zero-order valence-corrected chi connectivity index (χ0v) is 11.1.